The summed E-state index contributed by atoms with van der Waals surface area (Å²) in [6.07, 6.45) is 2.72. The minimum Gasteiger partial charge on any atom is -0.388 e. The zero-order valence-electron chi connectivity index (χ0n) is 9.72. The average Bonchev–Trinajstić information content (AvgIpc) is 2.24. The fourth-order valence-electron chi connectivity index (χ4n) is 1.83. The van der Waals surface area contributed by atoms with Crippen molar-refractivity contribution >= 4 is 0 Å². The molecule has 1 rings (SSSR count). The third kappa shape index (κ3) is 5.47. The van der Waals surface area contributed by atoms with E-state index in [1.165, 1.54) is 0 Å². The molecular weight excluding hydrogens is 192 g/mol. The summed E-state index contributed by atoms with van der Waals surface area (Å²) in [5, 5.41) is 16.7. The van der Waals surface area contributed by atoms with Crippen molar-refractivity contribution < 1.29 is 9.84 Å². The number of rotatable bonds is 7. The maximum absolute atomic E-state index is 10.1. The van der Waals surface area contributed by atoms with Crippen LogP contribution in [0, 0.1) is 0 Å². The molecule has 0 unspecified atom stereocenters. The van der Waals surface area contributed by atoms with Gasteiger partial charge in [0.1, 0.15) is 0 Å². The van der Waals surface area contributed by atoms with Crippen LogP contribution >= 0.6 is 0 Å². The molecule has 0 aromatic heterocycles. The Labute approximate surface area is 92.4 Å². The lowest BCUT2D eigenvalue weighted by atomic mass is 9.92. The summed E-state index contributed by atoms with van der Waals surface area (Å²) in [6, 6.07) is 0. The first-order valence-corrected chi connectivity index (χ1v) is 5.98. The molecule has 0 atom stereocenters. The molecule has 4 nitrogen and oxygen atoms in total. The zero-order valence-corrected chi connectivity index (χ0v) is 9.72. The van der Waals surface area contributed by atoms with Gasteiger partial charge in [0.15, 0.2) is 0 Å². The number of ether oxygens (including phenoxy) is 1. The van der Waals surface area contributed by atoms with E-state index in [4.69, 9.17) is 4.74 Å². The third-order valence-corrected chi connectivity index (χ3v) is 2.83. The van der Waals surface area contributed by atoms with Gasteiger partial charge in [-0.2, -0.15) is 0 Å². The predicted octanol–water partition coefficient (Wildman–Crippen LogP) is 0.117. The summed E-state index contributed by atoms with van der Waals surface area (Å²) in [4.78, 5) is 0. The van der Waals surface area contributed by atoms with Crippen LogP contribution in [-0.4, -0.2) is 50.1 Å². The molecule has 0 radical (unpaired) electrons. The van der Waals surface area contributed by atoms with E-state index in [9.17, 15) is 5.11 Å². The molecule has 0 saturated carbocycles. The Kier molecular flexibility index (Phi) is 6.17. The van der Waals surface area contributed by atoms with Crippen molar-refractivity contribution in [2.75, 3.05) is 39.4 Å². The molecule has 0 aromatic rings. The van der Waals surface area contributed by atoms with Gasteiger partial charge in [-0.05, 0) is 45.8 Å². The number of hydrogen-bond acceptors (Lipinski definition) is 4. The fraction of sp³-hybridized carbons (Fsp3) is 1.00. The molecule has 4 heteroatoms. The van der Waals surface area contributed by atoms with Crippen LogP contribution < -0.4 is 10.6 Å². The van der Waals surface area contributed by atoms with Gasteiger partial charge in [0.05, 0.1) is 5.60 Å². The summed E-state index contributed by atoms with van der Waals surface area (Å²) >= 11 is 0. The molecule has 1 fully saturated rings. The first kappa shape index (κ1) is 12.9. The number of piperidine rings is 1. The molecule has 90 valence electrons. The molecule has 0 bridgehead atoms. The Bertz CT molecular complexity index is 159. The average molecular weight is 216 g/mol. The molecule has 15 heavy (non-hydrogen) atoms. The van der Waals surface area contributed by atoms with Crippen molar-refractivity contribution in [2.24, 2.45) is 0 Å². The van der Waals surface area contributed by atoms with Gasteiger partial charge in [0.2, 0.25) is 0 Å². The SMILES string of the molecule is CCOCCCNCC1(O)CCNCC1. The Morgan fingerprint density at radius 1 is 1.40 bits per heavy atom. The molecule has 1 aliphatic heterocycles. The topological polar surface area (TPSA) is 53.5 Å². The van der Waals surface area contributed by atoms with Gasteiger partial charge in [-0.1, -0.05) is 0 Å². The lowest BCUT2D eigenvalue weighted by Gasteiger charge is -2.32. The molecule has 1 aliphatic rings. The van der Waals surface area contributed by atoms with E-state index in [2.05, 4.69) is 10.6 Å². The highest BCUT2D eigenvalue weighted by molar-refractivity contribution is 4.86. The zero-order chi connectivity index (χ0) is 11.0. The second-order valence-corrected chi connectivity index (χ2v) is 4.20. The fourth-order valence-corrected chi connectivity index (χ4v) is 1.83. The van der Waals surface area contributed by atoms with Gasteiger partial charge < -0.3 is 20.5 Å². The van der Waals surface area contributed by atoms with Crippen LogP contribution in [-0.2, 0) is 4.74 Å². The van der Waals surface area contributed by atoms with E-state index in [-0.39, 0.29) is 0 Å². The Hall–Kier alpha value is -0.160. The molecule has 0 aromatic carbocycles. The quantitative estimate of drug-likeness (QED) is 0.529. The molecule has 0 aliphatic carbocycles. The normalized spacial score (nSPS) is 20.4. The smallest absolute Gasteiger partial charge is 0.0795 e. The van der Waals surface area contributed by atoms with Crippen LogP contribution in [0.5, 0.6) is 0 Å². The molecule has 3 N–H and O–H groups in total. The second kappa shape index (κ2) is 7.17. The minimum absolute atomic E-state index is 0.489. The Balaban J connectivity index is 1.98. The summed E-state index contributed by atoms with van der Waals surface area (Å²) < 4.78 is 5.24. The number of hydrogen-bond donors (Lipinski definition) is 3. The third-order valence-electron chi connectivity index (χ3n) is 2.83. The van der Waals surface area contributed by atoms with E-state index in [0.29, 0.717) is 6.54 Å². The Morgan fingerprint density at radius 2 is 2.13 bits per heavy atom. The standard InChI is InChI=1S/C11H24N2O2/c1-2-15-9-3-6-13-10-11(14)4-7-12-8-5-11/h12-14H,2-10H2,1H3. The molecular formula is C11H24N2O2. The highest BCUT2D eigenvalue weighted by Crippen LogP contribution is 2.16. The summed E-state index contributed by atoms with van der Waals surface area (Å²) in [7, 11) is 0. The summed E-state index contributed by atoms with van der Waals surface area (Å²) in [5.74, 6) is 0. The Morgan fingerprint density at radius 3 is 2.80 bits per heavy atom. The number of aliphatic hydroxyl groups is 1. The predicted molar refractivity (Wildman–Crippen MR) is 61.0 cm³/mol. The van der Waals surface area contributed by atoms with E-state index in [1.807, 2.05) is 6.92 Å². The maximum atomic E-state index is 10.1. The van der Waals surface area contributed by atoms with Gasteiger partial charge >= 0.3 is 0 Å². The van der Waals surface area contributed by atoms with E-state index >= 15 is 0 Å². The maximum Gasteiger partial charge on any atom is 0.0795 e. The lowest BCUT2D eigenvalue weighted by Crippen LogP contribution is -2.48. The molecule has 0 spiro atoms. The van der Waals surface area contributed by atoms with Crippen LogP contribution in [0.3, 0.4) is 0 Å². The first-order valence-electron chi connectivity index (χ1n) is 5.98. The van der Waals surface area contributed by atoms with E-state index in [0.717, 1.165) is 52.1 Å². The van der Waals surface area contributed by atoms with E-state index in [1.54, 1.807) is 0 Å². The van der Waals surface area contributed by atoms with Gasteiger partial charge in [-0.3, -0.25) is 0 Å². The van der Waals surface area contributed by atoms with Crippen molar-refractivity contribution in [1.29, 1.82) is 0 Å². The molecule has 1 saturated heterocycles. The van der Waals surface area contributed by atoms with Crippen LogP contribution in [0.2, 0.25) is 0 Å². The first-order chi connectivity index (χ1) is 7.27. The van der Waals surface area contributed by atoms with Crippen LogP contribution in [0.1, 0.15) is 26.2 Å². The van der Waals surface area contributed by atoms with Gasteiger partial charge in [-0.15, -0.1) is 0 Å². The van der Waals surface area contributed by atoms with Crippen LogP contribution in [0.15, 0.2) is 0 Å². The van der Waals surface area contributed by atoms with Crippen molar-refractivity contribution in [3.8, 4) is 0 Å². The van der Waals surface area contributed by atoms with Gasteiger partial charge in [-0.25, -0.2) is 0 Å². The highest BCUT2D eigenvalue weighted by atomic mass is 16.5. The van der Waals surface area contributed by atoms with E-state index < -0.39 is 5.60 Å². The van der Waals surface area contributed by atoms with Gasteiger partial charge in [0, 0.05) is 19.8 Å². The largest absolute Gasteiger partial charge is 0.388 e. The minimum atomic E-state index is -0.489. The summed E-state index contributed by atoms with van der Waals surface area (Å²) in [6.45, 7) is 7.09. The highest BCUT2D eigenvalue weighted by Gasteiger charge is 2.28. The summed E-state index contributed by atoms with van der Waals surface area (Å²) in [5.41, 5.74) is -0.489. The van der Waals surface area contributed by atoms with Crippen molar-refractivity contribution in [2.45, 2.75) is 31.8 Å². The van der Waals surface area contributed by atoms with Gasteiger partial charge in [0.25, 0.3) is 0 Å². The molecule has 0 amide bonds. The van der Waals surface area contributed by atoms with Crippen molar-refractivity contribution in [1.82, 2.24) is 10.6 Å². The second-order valence-electron chi connectivity index (χ2n) is 4.20. The van der Waals surface area contributed by atoms with Crippen molar-refractivity contribution in [3.05, 3.63) is 0 Å². The monoisotopic (exact) mass is 216 g/mol. The molecule has 1 heterocycles. The van der Waals surface area contributed by atoms with Crippen molar-refractivity contribution in [3.63, 3.8) is 0 Å². The lowest BCUT2D eigenvalue weighted by molar-refractivity contribution is 0.0108. The van der Waals surface area contributed by atoms with Crippen LogP contribution in [0.25, 0.3) is 0 Å². The van der Waals surface area contributed by atoms with Crippen LogP contribution in [0.4, 0.5) is 0 Å². The number of nitrogens with one attached hydrogen (secondary N) is 2.